The van der Waals surface area contributed by atoms with E-state index in [1.807, 2.05) is 12.5 Å². The summed E-state index contributed by atoms with van der Waals surface area (Å²) in [4.78, 5) is 18.0. The first-order chi connectivity index (χ1) is 10.3. The lowest BCUT2D eigenvalue weighted by molar-refractivity contribution is 0.183. The standard InChI is InChI=1S/C12H16N6O2S/c1-20-12-16-15-10(21-12)14-11(19)17-5-2-9(3-6-17)18-7-4-13-8-18/h4,7-9H,2-3,5-6H2,1H3,(H,14,15,19). The van der Waals surface area contributed by atoms with E-state index in [2.05, 4.69) is 25.1 Å². The smallest absolute Gasteiger partial charge is 0.323 e. The van der Waals surface area contributed by atoms with Crippen molar-refractivity contribution in [1.82, 2.24) is 24.6 Å². The molecule has 1 saturated heterocycles. The van der Waals surface area contributed by atoms with Crippen LogP contribution in [0.1, 0.15) is 18.9 Å². The highest BCUT2D eigenvalue weighted by atomic mass is 32.1. The number of nitrogens with one attached hydrogen (secondary N) is 1. The molecule has 2 aromatic rings. The number of imidazole rings is 1. The van der Waals surface area contributed by atoms with Crippen molar-refractivity contribution in [3.05, 3.63) is 18.7 Å². The molecule has 9 heteroatoms. The van der Waals surface area contributed by atoms with Gasteiger partial charge in [0.2, 0.25) is 5.13 Å². The Morgan fingerprint density at radius 3 is 2.86 bits per heavy atom. The van der Waals surface area contributed by atoms with Crippen LogP contribution in [0.5, 0.6) is 5.19 Å². The zero-order valence-electron chi connectivity index (χ0n) is 11.6. The number of methoxy groups -OCH3 is 1. The van der Waals surface area contributed by atoms with E-state index in [0.29, 0.717) is 29.5 Å². The lowest BCUT2D eigenvalue weighted by Crippen LogP contribution is -2.41. The molecule has 0 spiro atoms. The molecule has 21 heavy (non-hydrogen) atoms. The normalized spacial score (nSPS) is 16.0. The Kier molecular flexibility index (Phi) is 4.00. The molecule has 0 unspecified atom stereocenters. The number of rotatable bonds is 3. The van der Waals surface area contributed by atoms with Crippen molar-refractivity contribution in [2.24, 2.45) is 0 Å². The zero-order chi connectivity index (χ0) is 14.7. The number of carbonyl (C=O) groups excluding carboxylic acids is 1. The van der Waals surface area contributed by atoms with Crippen LogP contribution in [0, 0.1) is 0 Å². The Morgan fingerprint density at radius 1 is 1.43 bits per heavy atom. The largest absolute Gasteiger partial charge is 0.472 e. The van der Waals surface area contributed by atoms with Gasteiger partial charge in [0.25, 0.3) is 5.19 Å². The van der Waals surface area contributed by atoms with Gasteiger partial charge in [-0.05, 0) is 24.2 Å². The number of aromatic nitrogens is 4. The summed E-state index contributed by atoms with van der Waals surface area (Å²) in [5.74, 6) is 0. The van der Waals surface area contributed by atoms with E-state index in [1.165, 1.54) is 18.4 Å². The first-order valence-corrected chi connectivity index (χ1v) is 7.49. The molecule has 2 aromatic heterocycles. The molecule has 1 N–H and O–H groups in total. The van der Waals surface area contributed by atoms with Crippen molar-refractivity contribution >= 4 is 22.5 Å². The molecule has 0 saturated carbocycles. The summed E-state index contributed by atoms with van der Waals surface area (Å²) in [6.45, 7) is 1.43. The van der Waals surface area contributed by atoms with E-state index < -0.39 is 0 Å². The molecule has 0 radical (unpaired) electrons. The van der Waals surface area contributed by atoms with E-state index in [0.717, 1.165) is 12.8 Å². The highest BCUT2D eigenvalue weighted by Crippen LogP contribution is 2.24. The Morgan fingerprint density at radius 2 is 2.24 bits per heavy atom. The van der Waals surface area contributed by atoms with Gasteiger partial charge in [-0.2, -0.15) is 0 Å². The van der Waals surface area contributed by atoms with Crippen LogP contribution in [-0.4, -0.2) is 50.9 Å². The minimum absolute atomic E-state index is 0.141. The lowest BCUT2D eigenvalue weighted by atomic mass is 10.1. The van der Waals surface area contributed by atoms with E-state index in [-0.39, 0.29) is 6.03 Å². The Hall–Kier alpha value is -2.16. The van der Waals surface area contributed by atoms with Crippen LogP contribution >= 0.6 is 11.3 Å². The maximum atomic E-state index is 12.2. The third kappa shape index (κ3) is 3.13. The monoisotopic (exact) mass is 308 g/mol. The van der Waals surface area contributed by atoms with Gasteiger partial charge in [0.15, 0.2) is 0 Å². The van der Waals surface area contributed by atoms with E-state index in [4.69, 9.17) is 4.74 Å². The van der Waals surface area contributed by atoms with Crippen LogP contribution < -0.4 is 10.1 Å². The summed E-state index contributed by atoms with van der Waals surface area (Å²) in [6, 6.07) is 0.274. The van der Waals surface area contributed by atoms with Crippen LogP contribution in [-0.2, 0) is 0 Å². The average molecular weight is 308 g/mol. The van der Waals surface area contributed by atoms with Crippen LogP contribution in [0.25, 0.3) is 0 Å². The van der Waals surface area contributed by atoms with Gasteiger partial charge < -0.3 is 14.2 Å². The fourth-order valence-electron chi connectivity index (χ4n) is 2.37. The molecule has 1 fully saturated rings. The molecule has 1 aliphatic rings. The first kappa shape index (κ1) is 13.8. The summed E-state index contributed by atoms with van der Waals surface area (Å²) in [5.41, 5.74) is 0. The SMILES string of the molecule is COc1nnc(NC(=O)N2CCC(n3ccnc3)CC2)s1. The van der Waals surface area contributed by atoms with Crippen molar-refractivity contribution in [3.63, 3.8) is 0 Å². The number of hydrogen-bond donors (Lipinski definition) is 1. The predicted octanol–water partition coefficient (Wildman–Crippen LogP) is 1.61. The van der Waals surface area contributed by atoms with Gasteiger partial charge in [0.1, 0.15) is 0 Å². The molecule has 0 bridgehead atoms. The topological polar surface area (TPSA) is 85.2 Å². The number of carbonyl (C=O) groups is 1. The number of ether oxygens (including phenoxy) is 1. The molecule has 0 atom stereocenters. The molecule has 3 heterocycles. The second-order valence-corrected chi connectivity index (χ2v) is 5.68. The fraction of sp³-hybridized carbons (Fsp3) is 0.500. The summed E-state index contributed by atoms with van der Waals surface area (Å²) in [5, 5.41) is 11.3. The predicted molar refractivity (Wildman–Crippen MR) is 77.6 cm³/mol. The summed E-state index contributed by atoms with van der Waals surface area (Å²) < 4.78 is 7.05. The number of likely N-dealkylation sites (tertiary alicyclic amines) is 1. The minimum atomic E-state index is -0.141. The van der Waals surface area contributed by atoms with E-state index in [1.54, 1.807) is 11.1 Å². The van der Waals surface area contributed by atoms with Crippen LogP contribution in [0.4, 0.5) is 9.93 Å². The lowest BCUT2D eigenvalue weighted by Gasteiger charge is -2.32. The van der Waals surface area contributed by atoms with E-state index in [9.17, 15) is 4.79 Å². The number of hydrogen-bond acceptors (Lipinski definition) is 6. The summed E-state index contributed by atoms with van der Waals surface area (Å²) in [7, 11) is 1.52. The quantitative estimate of drug-likeness (QED) is 0.931. The van der Waals surface area contributed by atoms with Crippen molar-refractivity contribution in [2.75, 3.05) is 25.5 Å². The second-order valence-electron chi connectivity index (χ2n) is 4.74. The van der Waals surface area contributed by atoms with Crippen LogP contribution in [0.2, 0.25) is 0 Å². The van der Waals surface area contributed by atoms with Gasteiger partial charge in [-0.15, -0.1) is 5.10 Å². The molecule has 3 rings (SSSR count). The first-order valence-electron chi connectivity index (χ1n) is 6.67. The maximum absolute atomic E-state index is 12.2. The minimum Gasteiger partial charge on any atom is -0.472 e. The maximum Gasteiger partial charge on any atom is 0.323 e. The molecular formula is C12H16N6O2S. The number of amides is 2. The van der Waals surface area contributed by atoms with Gasteiger partial charge >= 0.3 is 6.03 Å². The van der Waals surface area contributed by atoms with Crippen molar-refractivity contribution in [1.29, 1.82) is 0 Å². The molecule has 1 aliphatic heterocycles. The Bertz CT molecular complexity index is 591. The van der Waals surface area contributed by atoms with Crippen LogP contribution in [0.15, 0.2) is 18.7 Å². The summed E-state index contributed by atoms with van der Waals surface area (Å²) >= 11 is 1.21. The Balaban J connectivity index is 1.53. The molecular weight excluding hydrogens is 292 g/mol. The number of nitrogens with zero attached hydrogens (tertiary/aromatic N) is 5. The van der Waals surface area contributed by atoms with Crippen molar-refractivity contribution in [3.8, 4) is 5.19 Å². The van der Waals surface area contributed by atoms with Crippen molar-refractivity contribution < 1.29 is 9.53 Å². The zero-order valence-corrected chi connectivity index (χ0v) is 12.4. The van der Waals surface area contributed by atoms with Crippen molar-refractivity contribution in [2.45, 2.75) is 18.9 Å². The highest BCUT2D eigenvalue weighted by Gasteiger charge is 2.24. The van der Waals surface area contributed by atoms with Gasteiger partial charge in [-0.25, -0.2) is 9.78 Å². The molecule has 0 aromatic carbocycles. The van der Waals surface area contributed by atoms with Gasteiger partial charge in [-0.1, -0.05) is 5.10 Å². The fourth-order valence-corrected chi connectivity index (χ4v) is 2.92. The number of piperidine rings is 1. The highest BCUT2D eigenvalue weighted by molar-refractivity contribution is 7.17. The molecule has 112 valence electrons. The van der Waals surface area contributed by atoms with Gasteiger partial charge in [0.05, 0.1) is 13.4 Å². The summed E-state index contributed by atoms with van der Waals surface area (Å²) in [6.07, 6.45) is 7.41. The second kappa shape index (κ2) is 6.08. The third-order valence-corrected chi connectivity index (χ3v) is 4.29. The van der Waals surface area contributed by atoms with Crippen LogP contribution in [0.3, 0.4) is 0 Å². The van der Waals surface area contributed by atoms with E-state index >= 15 is 0 Å². The Labute approximate surface area is 125 Å². The molecule has 2 amide bonds. The number of urea groups is 1. The number of anilines is 1. The molecule has 0 aliphatic carbocycles. The average Bonchev–Trinajstić information content (AvgIpc) is 3.19. The van der Waals surface area contributed by atoms with Gasteiger partial charge in [-0.3, -0.25) is 5.32 Å². The molecule has 8 nitrogen and oxygen atoms in total. The van der Waals surface area contributed by atoms with Gasteiger partial charge in [0, 0.05) is 31.5 Å². The third-order valence-electron chi connectivity index (χ3n) is 3.49.